The Morgan fingerprint density at radius 2 is 2.15 bits per heavy atom. The normalized spacial score (nSPS) is 23.4. The van der Waals surface area contributed by atoms with E-state index in [2.05, 4.69) is 22.0 Å². The second kappa shape index (κ2) is 9.93. The average molecular weight is 399 g/mol. The molecule has 146 valence electrons. The maximum Gasteiger partial charge on any atom is 0.194 e. The van der Waals surface area contributed by atoms with Gasteiger partial charge in [-0.3, -0.25) is 4.99 Å². The van der Waals surface area contributed by atoms with Crippen molar-refractivity contribution < 1.29 is 5.11 Å². The molecule has 0 aromatic carbocycles. The first kappa shape index (κ1) is 19.9. The van der Waals surface area contributed by atoms with Crippen molar-refractivity contribution in [1.29, 1.82) is 0 Å². The van der Waals surface area contributed by atoms with Crippen LogP contribution in [0.5, 0.6) is 0 Å². The summed E-state index contributed by atoms with van der Waals surface area (Å²) in [5.74, 6) is 1.65. The van der Waals surface area contributed by atoms with Crippen LogP contribution in [0, 0.1) is 5.92 Å². The van der Waals surface area contributed by atoms with Crippen molar-refractivity contribution >= 4 is 28.9 Å². The molecule has 2 N–H and O–H groups in total. The molecule has 0 spiro atoms. The standard InChI is InChI=1S/C19H31ClN4OS/c1-2-21-19(22-12-16(25)17-6-7-18(20)26-17)24-11-8-15(14-24)13-23-9-4-3-5-10-23/h6-7,15-16,25H,2-5,8-14H2,1H3,(H,21,22). The van der Waals surface area contributed by atoms with Crippen molar-refractivity contribution in [3.8, 4) is 0 Å². The highest BCUT2D eigenvalue weighted by atomic mass is 35.5. The van der Waals surface area contributed by atoms with Crippen LogP contribution in [0.25, 0.3) is 0 Å². The van der Waals surface area contributed by atoms with Crippen molar-refractivity contribution in [2.45, 2.75) is 38.7 Å². The number of nitrogens with one attached hydrogen (secondary N) is 1. The van der Waals surface area contributed by atoms with Crippen LogP contribution < -0.4 is 5.32 Å². The summed E-state index contributed by atoms with van der Waals surface area (Å²) in [5, 5.41) is 13.7. The van der Waals surface area contributed by atoms with E-state index in [1.165, 1.54) is 56.7 Å². The summed E-state index contributed by atoms with van der Waals surface area (Å²) in [4.78, 5) is 10.6. The van der Waals surface area contributed by atoms with E-state index in [9.17, 15) is 5.11 Å². The molecular formula is C19H31ClN4OS. The molecular weight excluding hydrogens is 368 g/mol. The lowest BCUT2D eigenvalue weighted by Crippen LogP contribution is -2.41. The zero-order chi connectivity index (χ0) is 18.4. The second-order valence-corrected chi connectivity index (χ2v) is 9.06. The van der Waals surface area contributed by atoms with Crippen molar-refractivity contribution in [2.75, 3.05) is 45.8 Å². The van der Waals surface area contributed by atoms with Crippen LogP contribution in [0.3, 0.4) is 0 Å². The molecule has 0 saturated carbocycles. The number of hydrogen-bond acceptors (Lipinski definition) is 4. The number of likely N-dealkylation sites (tertiary alicyclic amines) is 2. The molecule has 26 heavy (non-hydrogen) atoms. The van der Waals surface area contributed by atoms with E-state index in [4.69, 9.17) is 16.6 Å². The zero-order valence-corrected chi connectivity index (χ0v) is 17.2. The first-order valence-corrected chi connectivity index (χ1v) is 11.0. The van der Waals surface area contributed by atoms with E-state index in [-0.39, 0.29) is 0 Å². The highest BCUT2D eigenvalue weighted by molar-refractivity contribution is 7.16. The van der Waals surface area contributed by atoms with Gasteiger partial charge in [0.25, 0.3) is 0 Å². The molecule has 0 amide bonds. The van der Waals surface area contributed by atoms with Crippen LogP contribution in [0.4, 0.5) is 0 Å². The first-order chi connectivity index (χ1) is 12.7. The molecule has 7 heteroatoms. The second-order valence-electron chi connectivity index (χ2n) is 7.31. The Labute approximate surface area is 166 Å². The maximum atomic E-state index is 10.4. The summed E-state index contributed by atoms with van der Waals surface area (Å²) in [6.07, 6.45) is 4.73. The van der Waals surface area contributed by atoms with Crippen LogP contribution in [0.15, 0.2) is 17.1 Å². The number of aliphatic hydroxyl groups excluding tert-OH is 1. The lowest BCUT2D eigenvalue weighted by Gasteiger charge is -2.29. The number of halogens is 1. The Kier molecular flexibility index (Phi) is 7.61. The van der Waals surface area contributed by atoms with Gasteiger partial charge in [-0.2, -0.15) is 0 Å². The molecule has 2 aliphatic rings. The van der Waals surface area contributed by atoms with Crippen LogP contribution >= 0.6 is 22.9 Å². The van der Waals surface area contributed by atoms with Crippen molar-refractivity contribution in [3.05, 3.63) is 21.3 Å². The molecule has 1 aromatic heterocycles. The van der Waals surface area contributed by atoms with Gasteiger partial charge in [0, 0.05) is 31.1 Å². The number of piperidine rings is 1. The quantitative estimate of drug-likeness (QED) is 0.570. The van der Waals surface area contributed by atoms with Crippen molar-refractivity contribution in [3.63, 3.8) is 0 Å². The zero-order valence-electron chi connectivity index (χ0n) is 15.7. The molecule has 2 unspecified atom stereocenters. The van der Waals surface area contributed by atoms with Gasteiger partial charge in [-0.1, -0.05) is 18.0 Å². The highest BCUT2D eigenvalue weighted by Gasteiger charge is 2.27. The lowest BCUT2D eigenvalue weighted by atomic mass is 10.1. The van der Waals surface area contributed by atoms with Crippen LogP contribution in [0.2, 0.25) is 4.34 Å². The lowest BCUT2D eigenvalue weighted by molar-refractivity contribution is 0.190. The summed E-state index contributed by atoms with van der Waals surface area (Å²) in [6.45, 7) is 9.15. The molecule has 5 nitrogen and oxygen atoms in total. The number of aliphatic imine (C=N–C) groups is 1. The molecule has 2 aliphatic heterocycles. The van der Waals surface area contributed by atoms with Gasteiger partial charge in [0.05, 0.1) is 10.9 Å². The molecule has 0 bridgehead atoms. The Hall–Kier alpha value is -0.820. The fourth-order valence-electron chi connectivity index (χ4n) is 3.88. The van der Waals surface area contributed by atoms with E-state index in [1.54, 1.807) is 0 Å². The topological polar surface area (TPSA) is 51.1 Å². The van der Waals surface area contributed by atoms with Gasteiger partial charge in [-0.05, 0) is 57.3 Å². The number of guanidine groups is 1. The first-order valence-electron chi connectivity index (χ1n) is 9.84. The summed E-state index contributed by atoms with van der Waals surface area (Å²) in [5.41, 5.74) is 0. The van der Waals surface area contributed by atoms with Crippen molar-refractivity contribution in [2.24, 2.45) is 10.9 Å². The fourth-order valence-corrected chi connectivity index (χ4v) is 4.92. The molecule has 0 aliphatic carbocycles. The molecule has 1 aromatic rings. The SMILES string of the molecule is CCNC(=NCC(O)c1ccc(Cl)s1)N1CCC(CN2CCCCC2)C1. The van der Waals surface area contributed by atoms with E-state index >= 15 is 0 Å². The minimum atomic E-state index is -0.590. The predicted molar refractivity (Wildman–Crippen MR) is 110 cm³/mol. The van der Waals surface area contributed by atoms with Crippen molar-refractivity contribution in [1.82, 2.24) is 15.1 Å². The largest absolute Gasteiger partial charge is 0.386 e. The van der Waals surface area contributed by atoms with Gasteiger partial charge in [0.1, 0.15) is 6.10 Å². The maximum absolute atomic E-state index is 10.4. The van der Waals surface area contributed by atoms with Gasteiger partial charge >= 0.3 is 0 Å². The average Bonchev–Trinajstić information content (AvgIpc) is 3.28. The third kappa shape index (κ3) is 5.59. The van der Waals surface area contributed by atoms with E-state index < -0.39 is 6.10 Å². The number of rotatable bonds is 6. The van der Waals surface area contributed by atoms with E-state index in [0.29, 0.717) is 10.9 Å². The third-order valence-electron chi connectivity index (χ3n) is 5.22. The summed E-state index contributed by atoms with van der Waals surface area (Å²) < 4.78 is 0.704. The number of thiophene rings is 1. The molecule has 2 fully saturated rings. The minimum Gasteiger partial charge on any atom is -0.386 e. The molecule has 2 saturated heterocycles. The Morgan fingerprint density at radius 1 is 1.35 bits per heavy atom. The monoisotopic (exact) mass is 398 g/mol. The van der Waals surface area contributed by atoms with Crippen LogP contribution in [-0.4, -0.2) is 66.7 Å². The molecule has 0 radical (unpaired) electrons. The van der Waals surface area contributed by atoms with Gasteiger partial charge in [-0.25, -0.2) is 0 Å². The Morgan fingerprint density at radius 3 is 2.85 bits per heavy atom. The van der Waals surface area contributed by atoms with Gasteiger partial charge in [0.2, 0.25) is 0 Å². The Bertz CT molecular complexity index is 588. The number of hydrogen-bond donors (Lipinski definition) is 2. The summed E-state index contributed by atoms with van der Waals surface area (Å²) in [7, 11) is 0. The summed E-state index contributed by atoms with van der Waals surface area (Å²) in [6, 6.07) is 3.70. The molecule has 3 heterocycles. The highest BCUT2D eigenvalue weighted by Crippen LogP contribution is 2.27. The number of nitrogens with zero attached hydrogens (tertiary/aromatic N) is 3. The van der Waals surface area contributed by atoms with E-state index in [0.717, 1.165) is 36.4 Å². The van der Waals surface area contributed by atoms with Gasteiger partial charge in [-0.15, -0.1) is 11.3 Å². The minimum absolute atomic E-state index is 0.368. The predicted octanol–water partition coefficient (Wildman–Crippen LogP) is 3.21. The smallest absolute Gasteiger partial charge is 0.194 e. The van der Waals surface area contributed by atoms with Gasteiger partial charge < -0.3 is 20.2 Å². The van der Waals surface area contributed by atoms with E-state index in [1.807, 2.05) is 12.1 Å². The van der Waals surface area contributed by atoms with Gasteiger partial charge in [0.15, 0.2) is 5.96 Å². The Balaban J connectivity index is 1.53. The fraction of sp³-hybridized carbons (Fsp3) is 0.737. The molecule has 3 rings (SSSR count). The summed E-state index contributed by atoms with van der Waals surface area (Å²) >= 11 is 7.38. The number of aliphatic hydroxyl groups is 1. The van der Waals surface area contributed by atoms with Crippen LogP contribution in [0.1, 0.15) is 43.6 Å². The third-order valence-corrected chi connectivity index (χ3v) is 6.55. The van der Waals surface area contributed by atoms with Crippen LogP contribution in [-0.2, 0) is 0 Å². The molecule has 2 atom stereocenters.